The van der Waals surface area contributed by atoms with E-state index in [2.05, 4.69) is 16.6 Å². The predicted molar refractivity (Wildman–Crippen MR) is 61.0 cm³/mol. The molecule has 1 fully saturated rings. The summed E-state index contributed by atoms with van der Waals surface area (Å²) < 4.78 is 20.7. The lowest BCUT2D eigenvalue weighted by molar-refractivity contribution is 0.0518. The molecule has 0 aliphatic carbocycles. The highest BCUT2D eigenvalue weighted by atomic mass is 16.5. The average molecular weight is 255 g/mol. The molecule has 2 heterocycles. The van der Waals surface area contributed by atoms with Crippen molar-refractivity contribution in [2.45, 2.75) is 26.1 Å². The third-order valence-electron chi connectivity index (χ3n) is 3.00. The number of hydrogen-bond acceptors (Lipinski definition) is 6. The van der Waals surface area contributed by atoms with Crippen LogP contribution in [0.2, 0.25) is 0 Å². The van der Waals surface area contributed by atoms with E-state index < -0.39 is 5.97 Å². The van der Waals surface area contributed by atoms with Crippen LogP contribution in [-0.2, 0) is 20.8 Å². The molecule has 0 radical (unpaired) electrons. The summed E-state index contributed by atoms with van der Waals surface area (Å²) in [6, 6.07) is 0. The van der Waals surface area contributed by atoms with Crippen molar-refractivity contribution >= 4 is 5.97 Å². The van der Waals surface area contributed by atoms with Gasteiger partial charge in [0.25, 0.3) is 0 Å². The molecule has 0 N–H and O–H groups in total. The Hall–Kier alpha value is -1.40. The predicted octanol–water partition coefficient (Wildman–Crippen LogP) is 1.71. The second-order valence-electron chi connectivity index (χ2n) is 4.31. The second kappa shape index (κ2) is 5.49. The summed E-state index contributed by atoms with van der Waals surface area (Å²) >= 11 is 0. The van der Waals surface area contributed by atoms with Gasteiger partial charge in [-0.25, -0.2) is 9.78 Å². The van der Waals surface area contributed by atoms with E-state index in [1.54, 1.807) is 0 Å². The van der Waals surface area contributed by atoms with Crippen molar-refractivity contribution in [2.75, 3.05) is 20.8 Å². The Morgan fingerprint density at radius 1 is 1.50 bits per heavy atom. The highest BCUT2D eigenvalue weighted by molar-refractivity contribution is 5.87. The first kappa shape index (κ1) is 13.0. The van der Waals surface area contributed by atoms with Crippen LogP contribution in [0.15, 0.2) is 4.42 Å². The average Bonchev–Trinajstić information content (AvgIpc) is 2.95. The molecular weight excluding hydrogens is 238 g/mol. The van der Waals surface area contributed by atoms with E-state index in [0.29, 0.717) is 24.1 Å². The largest absolute Gasteiger partial charge is 0.463 e. The zero-order chi connectivity index (χ0) is 13.1. The van der Waals surface area contributed by atoms with Gasteiger partial charge in [0.05, 0.1) is 13.7 Å². The van der Waals surface area contributed by atoms with Gasteiger partial charge in [0.1, 0.15) is 11.8 Å². The third-order valence-corrected chi connectivity index (χ3v) is 3.00. The number of hydrogen-bond donors (Lipinski definition) is 0. The molecule has 1 aromatic rings. The molecule has 0 aromatic carbocycles. The van der Waals surface area contributed by atoms with E-state index in [0.717, 1.165) is 6.42 Å². The lowest BCUT2D eigenvalue weighted by Gasteiger charge is -2.09. The van der Waals surface area contributed by atoms with Gasteiger partial charge in [-0.3, -0.25) is 0 Å². The van der Waals surface area contributed by atoms with Crippen molar-refractivity contribution < 1.29 is 23.4 Å². The molecule has 1 aliphatic rings. The van der Waals surface area contributed by atoms with Crippen LogP contribution in [0.3, 0.4) is 0 Å². The van der Waals surface area contributed by atoms with Gasteiger partial charge < -0.3 is 18.6 Å². The maximum atomic E-state index is 11.6. The summed E-state index contributed by atoms with van der Waals surface area (Å²) in [5.74, 6) is 0.292. The minimum atomic E-state index is -0.550. The summed E-state index contributed by atoms with van der Waals surface area (Å²) in [6.07, 6.45) is 0.763. The smallest absolute Gasteiger partial charge is 0.376 e. The van der Waals surface area contributed by atoms with Crippen molar-refractivity contribution in [3.05, 3.63) is 17.3 Å². The minimum Gasteiger partial charge on any atom is -0.463 e. The molecule has 2 unspecified atom stereocenters. The highest BCUT2D eigenvalue weighted by Gasteiger charge is 2.32. The highest BCUT2D eigenvalue weighted by Crippen LogP contribution is 2.34. The molecule has 2 rings (SSSR count). The number of rotatable bonds is 4. The molecule has 0 amide bonds. The molecule has 0 spiro atoms. The Labute approximate surface area is 105 Å². The molecule has 6 heteroatoms. The Kier molecular flexibility index (Phi) is 3.98. The number of carbonyl (C=O) groups is 1. The lowest BCUT2D eigenvalue weighted by atomic mass is 10.0. The van der Waals surface area contributed by atoms with Gasteiger partial charge in [-0.2, -0.15) is 0 Å². The normalized spacial score (nSPS) is 23.3. The minimum absolute atomic E-state index is 0.0945. The summed E-state index contributed by atoms with van der Waals surface area (Å²) in [5.41, 5.74) is 0.446. The Bertz CT molecular complexity index is 428. The van der Waals surface area contributed by atoms with Crippen LogP contribution in [0.25, 0.3) is 0 Å². The number of methoxy groups -OCH3 is 2. The van der Waals surface area contributed by atoms with Crippen LogP contribution in [0.5, 0.6) is 0 Å². The van der Waals surface area contributed by atoms with Crippen LogP contribution in [0.1, 0.15) is 41.6 Å². The fourth-order valence-electron chi connectivity index (χ4n) is 1.99. The van der Waals surface area contributed by atoms with Crippen LogP contribution >= 0.6 is 0 Å². The summed E-state index contributed by atoms with van der Waals surface area (Å²) in [5, 5.41) is 0. The molecule has 18 heavy (non-hydrogen) atoms. The maximum Gasteiger partial charge on any atom is 0.376 e. The maximum absolute atomic E-state index is 11.6. The fraction of sp³-hybridized carbons (Fsp3) is 0.667. The first-order valence-electron chi connectivity index (χ1n) is 5.85. The van der Waals surface area contributed by atoms with Gasteiger partial charge in [-0.05, 0) is 12.3 Å². The third kappa shape index (κ3) is 2.39. The van der Waals surface area contributed by atoms with Gasteiger partial charge in [0.15, 0.2) is 0 Å². The van der Waals surface area contributed by atoms with Crippen LogP contribution in [0, 0.1) is 5.92 Å². The van der Waals surface area contributed by atoms with Gasteiger partial charge in [-0.15, -0.1) is 0 Å². The summed E-state index contributed by atoms with van der Waals surface area (Å²) in [6.45, 7) is 2.95. The van der Waals surface area contributed by atoms with E-state index in [-0.39, 0.29) is 18.5 Å². The van der Waals surface area contributed by atoms with Gasteiger partial charge >= 0.3 is 5.97 Å². The SMILES string of the molecule is COCc1nc(C2OCCC2C)oc1C(=O)OC. The lowest BCUT2D eigenvalue weighted by Crippen LogP contribution is -2.04. The summed E-state index contributed by atoms with van der Waals surface area (Å²) in [4.78, 5) is 15.9. The topological polar surface area (TPSA) is 70.8 Å². The Morgan fingerprint density at radius 3 is 2.83 bits per heavy atom. The fourth-order valence-corrected chi connectivity index (χ4v) is 1.99. The zero-order valence-electron chi connectivity index (χ0n) is 10.8. The van der Waals surface area contributed by atoms with Gasteiger partial charge in [0.2, 0.25) is 11.7 Å². The molecule has 2 atom stereocenters. The van der Waals surface area contributed by atoms with Gasteiger partial charge in [-0.1, -0.05) is 6.92 Å². The van der Waals surface area contributed by atoms with Crippen LogP contribution in [0.4, 0.5) is 0 Å². The van der Waals surface area contributed by atoms with Crippen molar-refractivity contribution in [1.29, 1.82) is 0 Å². The monoisotopic (exact) mass is 255 g/mol. The number of carbonyl (C=O) groups excluding carboxylic acids is 1. The van der Waals surface area contributed by atoms with Crippen LogP contribution in [-0.4, -0.2) is 31.8 Å². The molecule has 1 saturated heterocycles. The molecular formula is C12H17NO5. The van der Waals surface area contributed by atoms with E-state index >= 15 is 0 Å². The first-order chi connectivity index (χ1) is 8.67. The second-order valence-corrected chi connectivity index (χ2v) is 4.31. The number of nitrogens with zero attached hydrogens (tertiary/aromatic N) is 1. The van der Waals surface area contributed by atoms with E-state index in [4.69, 9.17) is 13.9 Å². The number of aromatic nitrogens is 1. The zero-order valence-corrected chi connectivity index (χ0v) is 10.8. The van der Waals surface area contributed by atoms with Crippen molar-refractivity contribution in [3.63, 3.8) is 0 Å². The Morgan fingerprint density at radius 2 is 2.28 bits per heavy atom. The van der Waals surface area contributed by atoms with Crippen molar-refractivity contribution in [1.82, 2.24) is 4.98 Å². The van der Waals surface area contributed by atoms with E-state index in [9.17, 15) is 4.79 Å². The molecule has 1 aliphatic heterocycles. The number of esters is 1. The standard InChI is InChI=1S/C12H17NO5/c1-7-4-5-17-9(7)11-13-8(6-15-2)10(18-11)12(14)16-3/h7,9H,4-6H2,1-3H3. The molecule has 6 nitrogen and oxygen atoms in total. The number of oxazole rings is 1. The molecule has 0 bridgehead atoms. The Balaban J connectivity index is 2.29. The molecule has 0 saturated carbocycles. The van der Waals surface area contributed by atoms with Gasteiger partial charge in [0, 0.05) is 13.7 Å². The van der Waals surface area contributed by atoms with E-state index in [1.165, 1.54) is 14.2 Å². The first-order valence-corrected chi connectivity index (χ1v) is 5.85. The quantitative estimate of drug-likeness (QED) is 0.763. The number of ether oxygens (including phenoxy) is 3. The van der Waals surface area contributed by atoms with Crippen molar-refractivity contribution in [3.8, 4) is 0 Å². The van der Waals surface area contributed by atoms with Crippen LogP contribution < -0.4 is 0 Å². The summed E-state index contributed by atoms with van der Waals surface area (Å²) in [7, 11) is 2.83. The van der Waals surface area contributed by atoms with Crippen molar-refractivity contribution in [2.24, 2.45) is 5.92 Å². The van der Waals surface area contributed by atoms with E-state index in [1.807, 2.05) is 0 Å². The molecule has 100 valence electrons. The molecule has 1 aromatic heterocycles.